The van der Waals surface area contributed by atoms with Crippen LogP contribution in [0.25, 0.3) is 11.3 Å². The molecule has 2 aromatic heterocycles. The molecule has 1 fully saturated rings. The molecule has 7 heteroatoms. The number of benzene rings is 1. The Bertz CT molecular complexity index is 1010. The largest absolute Gasteiger partial charge is 0.378 e. The number of anilines is 1. The number of carbonyl (C=O) groups excluding carboxylic acids is 1. The predicted molar refractivity (Wildman–Crippen MR) is 115 cm³/mol. The van der Waals surface area contributed by atoms with E-state index < -0.39 is 0 Å². The van der Waals surface area contributed by atoms with Crippen LogP contribution in [0.1, 0.15) is 21.6 Å². The molecule has 0 aliphatic carbocycles. The van der Waals surface area contributed by atoms with Crippen LogP contribution in [-0.2, 0) is 17.6 Å². The summed E-state index contributed by atoms with van der Waals surface area (Å²) in [5.41, 5.74) is 5.09. The van der Waals surface area contributed by atoms with Crippen LogP contribution in [-0.4, -0.2) is 65.4 Å². The number of fused-ring (bicyclic) bond motifs is 1. The van der Waals surface area contributed by atoms with E-state index in [0.29, 0.717) is 18.7 Å². The molecule has 5 rings (SSSR count). The van der Waals surface area contributed by atoms with Gasteiger partial charge in [-0.25, -0.2) is 4.98 Å². The fraction of sp³-hybridized carbons (Fsp3) is 0.348. The molecule has 0 unspecified atom stereocenters. The lowest BCUT2D eigenvalue weighted by Crippen LogP contribution is -2.37. The Kier molecular flexibility index (Phi) is 5.19. The zero-order chi connectivity index (χ0) is 20.3. The molecule has 1 amide bonds. The van der Waals surface area contributed by atoms with Gasteiger partial charge in [-0.15, -0.1) is 0 Å². The summed E-state index contributed by atoms with van der Waals surface area (Å²) in [6.45, 7) is 4.46. The molecule has 7 nitrogen and oxygen atoms in total. The van der Waals surface area contributed by atoms with Gasteiger partial charge in [0.2, 0.25) is 0 Å². The third-order valence-electron chi connectivity index (χ3n) is 5.88. The number of nitrogens with zero attached hydrogens (tertiary/aromatic N) is 4. The lowest BCUT2D eigenvalue weighted by atomic mass is 10.0. The Labute approximate surface area is 175 Å². The van der Waals surface area contributed by atoms with Crippen LogP contribution in [0.3, 0.4) is 0 Å². The first kappa shape index (κ1) is 18.8. The highest BCUT2D eigenvalue weighted by Crippen LogP contribution is 2.27. The standard InChI is InChI=1S/C23H25N5O2/c29-23(18-6-7-21(24-16-18)27-12-14-30-15-13-27)28-10-8-19-20(9-11-28)25-26-22(19)17-4-2-1-3-5-17/h1-7,16H,8-15H2,(H,25,26). The van der Waals surface area contributed by atoms with E-state index in [1.165, 1.54) is 5.56 Å². The quantitative estimate of drug-likeness (QED) is 0.728. The van der Waals surface area contributed by atoms with Gasteiger partial charge in [-0.1, -0.05) is 30.3 Å². The van der Waals surface area contributed by atoms with E-state index >= 15 is 0 Å². The monoisotopic (exact) mass is 403 g/mol. The van der Waals surface area contributed by atoms with Gasteiger partial charge in [-0.3, -0.25) is 9.89 Å². The molecule has 30 heavy (non-hydrogen) atoms. The molecule has 0 radical (unpaired) electrons. The molecule has 1 N–H and O–H groups in total. The van der Waals surface area contributed by atoms with Crippen molar-refractivity contribution in [3.05, 3.63) is 65.5 Å². The summed E-state index contributed by atoms with van der Waals surface area (Å²) in [6, 6.07) is 14.0. The summed E-state index contributed by atoms with van der Waals surface area (Å²) in [6.07, 6.45) is 3.27. The summed E-state index contributed by atoms with van der Waals surface area (Å²) in [4.78, 5) is 21.7. The van der Waals surface area contributed by atoms with Crippen LogP contribution >= 0.6 is 0 Å². The average Bonchev–Trinajstić information content (AvgIpc) is 3.11. The van der Waals surface area contributed by atoms with Gasteiger partial charge in [0.05, 0.1) is 24.5 Å². The number of amides is 1. The van der Waals surface area contributed by atoms with Crippen LogP contribution in [0.5, 0.6) is 0 Å². The second-order valence-electron chi connectivity index (χ2n) is 7.69. The second kappa shape index (κ2) is 8.28. The summed E-state index contributed by atoms with van der Waals surface area (Å²) in [5.74, 6) is 0.940. The number of pyridine rings is 1. The third-order valence-corrected chi connectivity index (χ3v) is 5.88. The van der Waals surface area contributed by atoms with E-state index in [1.54, 1.807) is 6.20 Å². The van der Waals surface area contributed by atoms with Gasteiger partial charge in [0.15, 0.2) is 0 Å². The number of ether oxygens (including phenoxy) is 1. The Morgan fingerprint density at radius 1 is 0.967 bits per heavy atom. The van der Waals surface area contributed by atoms with Crippen molar-refractivity contribution >= 4 is 11.7 Å². The van der Waals surface area contributed by atoms with E-state index in [4.69, 9.17) is 4.74 Å². The number of H-pyrrole nitrogens is 1. The van der Waals surface area contributed by atoms with E-state index in [0.717, 1.165) is 61.9 Å². The Balaban J connectivity index is 1.29. The number of hydrogen-bond acceptors (Lipinski definition) is 5. The first-order valence-corrected chi connectivity index (χ1v) is 10.5. The Morgan fingerprint density at radius 3 is 2.53 bits per heavy atom. The lowest BCUT2D eigenvalue weighted by molar-refractivity contribution is 0.0762. The smallest absolute Gasteiger partial charge is 0.255 e. The first-order chi connectivity index (χ1) is 14.8. The topological polar surface area (TPSA) is 74.4 Å². The molecule has 0 saturated carbocycles. The van der Waals surface area contributed by atoms with Crippen LogP contribution in [0.2, 0.25) is 0 Å². The number of aromatic nitrogens is 3. The maximum atomic E-state index is 13.1. The van der Waals surface area contributed by atoms with Gasteiger partial charge >= 0.3 is 0 Å². The molecule has 2 aliphatic rings. The highest BCUT2D eigenvalue weighted by molar-refractivity contribution is 5.94. The van der Waals surface area contributed by atoms with E-state index in [1.807, 2.05) is 35.2 Å². The third kappa shape index (κ3) is 3.68. The van der Waals surface area contributed by atoms with Crippen molar-refractivity contribution in [3.63, 3.8) is 0 Å². The van der Waals surface area contributed by atoms with E-state index in [9.17, 15) is 4.79 Å². The summed E-state index contributed by atoms with van der Waals surface area (Å²) < 4.78 is 5.39. The first-order valence-electron chi connectivity index (χ1n) is 10.5. The Hall–Kier alpha value is -3.19. The number of rotatable bonds is 3. The highest BCUT2D eigenvalue weighted by Gasteiger charge is 2.24. The molecule has 0 atom stereocenters. The fourth-order valence-corrected chi connectivity index (χ4v) is 4.20. The minimum Gasteiger partial charge on any atom is -0.378 e. The molecule has 0 bridgehead atoms. The molecular formula is C23H25N5O2. The number of carbonyl (C=O) groups is 1. The number of aromatic amines is 1. The van der Waals surface area contributed by atoms with Gasteiger partial charge in [0, 0.05) is 55.6 Å². The van der Waals surface area contributed by atoms with Gasteiger partial charge in [0.1, 0.15) is 5.82 Å². The normalized spacial score (nSPS) is 16.8. The average molecular weight is 403 g/mol. The molecule has 0 spiro atoms. The highest BCUT2D eigenvalue weighted by atomic mass is 16.5. The molecule has 154 valence electrons. The summed E-state index contributed by atoms with van der Waals surface area (Å²) in [7, 11) is 0. The number of morpholine rings is 1. The van der Waals surface area contributed by atoms with E-state index in [2.05, 4.69) is 32.2 Å². The zero-order valence-electron chi connectivity index (χ0n) is 16.9. The maximum absolute atomic E-state index is 13.1. The molecule has 3 aromatic rings. The van der Waals surface area contributed by atoms with Crippen LogP contribution in [0, 0.1) is 0 Å². The lowest BCUT2D eigenvalue weighted by Gasteiger charge is -2.28. The van der Waals surface area contributed by atoms with Crippen molar-refractivity contribution in [2.75, 3.05) is 44.3 Å². The minimum atomic E-state index is 0.0374. The summed E-state index contributed by atoms with van der Waals surface area (Å²) >= 11 is 0. The molecule has 1 aromatic carbocycles. The van der Waals surface area contributed by atoms with Gasteiger partial charge in [-0.05, 0) is 18.6 Å². The van der Waals surface area contributed by atoms with Crippen molar-refractivity contribution < 1.29 is 9.53 Å². The molecule has 4 heterocycles. The number of nitrogens with one attached hydrogen (secondary N) is 1. The second-order valence-corrected chi connectivity index (χ2v) is 7.69. The van der Waals surface area contributed by atoms with Crippen molar-refractivity contribution in [2.24, 2.45) is 0 Å². The maximum Gasteiger partial charge on any atom is 0.255 e. The van der Waals surface area contributed by atoms with Crippen molar-refractivity contribution in [2.45, 2.75) is 12.8 Å². The van der Waals surface area contributed by atoms with Crippen molar-refractivity contribution in [3.8, 4) is 11.3 Å². The molecule has 2 aliphatic heterocycles. The van der Waals surface area contributed by atoms with Gasteiger partial charge in [-0.2, -0.15) is 5.10 Å². The SMILES string of the molecule is O=C(c1ccc(N2CCOCC2)nc1)N1CCc2[nH]nc(-c3ccccc3)c2CC1. The van der Waals surface area contributed by atoms with Crippen LogP contribution in [0.4, 0.5) is 5.82 Å². The Morgan fingerprint density at radius 2 is 1.77 bits per heavy atom. The van der Waals surface area contributed by atoms with Crippen molar-refractivity contribution in [1.82, 2.24) is 20.1 Å². The van der Waals surface area contributed by atoms with Crippen molar-refractivity contribution in [1.29, 1.82) is 0 Å². The zero-order valence-corrected chi connectivity index (χ0v) is 16.9. The van der Waals surface area contributed by atoms with Crippen LogP contribution < -0.4 is 4.90 Å². The van der Waals surface area contributed by atoms with Crippen LogP contribution in [0.15, 0.2) is 48.7 Å². The predicted octanol–water partition coefficient (Wildman–Crippen LogP) is 2.55. The minimum absolute atomic E-state index is 0.0374. The van der Waals surface area contributed by atoms with Gasteiger partial charge < -0.3 is 14.5 Å². The fourth-order valence-electron chi connectivity index (χ4n) is 4.20. The molecular weight excluding hydrogens is 378 g/mol. The summed E-state index contributed by atoms with van der Waals surface area (Å²) in [5, 5.41) is 7.73. The van der Waals surface area contributed by atoms with Gasteiger partial charge in [0.25, 0.3) is 5.91 Å². The number of hydrogen-bond donors (Lipinski definition) is 1. The van der Waals surface area contributed by atoms with E-state index in [-0.39, 0.29) is 5.91 Å². The molecule has 1 saturated heterocycles.